The fourth-order valence-electron chi connectivity index (χ4n) is 2.32. The van der Waals surface area contributed by atoms with Gasteiger partial charge in [0.05, 0.1) is 0 Å². The van der Waals surface area contributed by atoms with Gasteiger partial charge >= 0.3 is 6.18 Å². The fourth-order valence-corrected chi connectivity index (χ4v) is 2.32. The molecule has 112 valence electrons. The monoisotopic (exact) mass is 290 g/mol. The summed E-state index contributed by atoms with van der Waals surface area (Å²) in [5.41, 5.74) is -0.951. The van der Waals surface area contributed by atoms with Crippen LogP contribution in [0.5, 0.6) is 0 Å². The van der Waals surface area contributed by atoms with Crippen molar-refractivity contribution in [2.75, 3.05) is 13.1 Å². The van der Waals surface area contributed by atoms with Gasteiger partial charge in [0.25, 0.3) is 0 Å². The number of piperidine rings is 1. The Balaban J connectivity index is 1.98. The standard InChI is InChI=1S/C12H17F3N4O/c1-19-7-9(10(18-19)12(13,14)15)6-17-11(20)8-2-4-16-5-3-8/h7-8,16H,2-6H2,1H3,(H,17,20). The van der Waals surface area contributed by atoms with Crippen molar-refractivity contribution < 1.29 is 18.0 Å². The number of amides is 1. The van der Waals surface area contributed by atoms with Crippen LogP contribution in [0.3, 0.4) is 0 Å². The van der Waals surface area contributed by atoms with Crippen molar-refractivity contribution in [2.45, 2.75) is 25.6 Å². The zero-order valence-electron chi connectivity index (χ0n) is 11.1. The van der Waals surface area contributed by atoms with E-state index in [1.54, 1.807) is 0 Å². The van der Waals surface area contributed by atoms with Crippen LogP contribution in [0, 0.1) is 5.92 Å². The van der Waals surface area contributed by atoms with Gasteiger partial charge < -0.3 is 10.6 Å². The van der Waals surface area contributed by atoms with E-state index in [2.05, 4.69) is 15.7 Å². The lowest BCUT2D eigenvalue weighted by molar-refractivity contribution is -0.142. The van der Waals surface area contributed by atoms with Crippen molar-refractivity contribution in [3.8, 4) is 0 Å². The number of alkyl halides is 3. The zero-order valence-corrected chi connectivity index (χ0v) is 11.1. The number of carbonyl (C=O) groups excluding carboxylic acids is 1. The third kappa shape index (κ3) is 3.50. The van der Waals surface area contributed by atoms with Gasteiger partial charge in [-0.3, -0.25) is 9.48 Å². The summed E-state index contributed by atoms with van der Waals surface area (Å²) in [7, 11) is 1.42. The molecule has 1 amide bonds. The topological polar surface area (TPSA) is 59.0 Å². The molecule has 8 heteroatoms. The van der Waals surface area contributed by atoms with Gasteiger partial charge in [0.2, 0.25) is 5.91 Å². The minimum Gasteiger partial charge on any atom is -0.352 e. The number of carbonyl (C=O) groups is 1. The van der Waals surface area contributed by atoms with Crippen LogP contribution in [0.1, 0.15) is 24.1 Å². The number of hydrogen-bond donors (Lipinski definition) is 2. The van der Waals surface area contributed by atoms with E-state index in [9.17, 15) is 18.0 Å². The van der Waals surface area contributed by atoms with Gasteiger partial charge in [-0.2, -0.15) is 18.3 Å². The van der Waals surface area contributed by atoms with E-state index >= 15 is 0 Å². The molecule has 1 aromatic heterocycles. The molecule has 1 saturated heterocycles. The first-order valence-electron chi connectivity index (χ1n) is 6.46. The van der Waals surface area contributed by atoms with Crippen molar-refractivity contribution in [2.24, 2.45) is 13.0 Å². The Morgan fingerprint density at radius 3 is 2.75 bits per heavy atom. The largest absolute Gasteiger partial charge is 0.435 e. The molecule has 2 rings (SSSR count). The van der Waals surface area contributed by atoms with Crippen molar-refractivity contribution in [3.63, 3.8) is 0 Å². The molecule has 0 aliphatic carbocycles. The van der Waals surface area contributed by atoms with Crippen molar-refractivity contribution in [3.05, 3.63) is 17.5 Å². The second-order valence-electron chi connectivity index (χ2n) is 4.92. The average Bonchev–Trinajstić information content (AvgIpc) is 2.78. The summed E-state index contributed by atoms with van der Waals surface area (Å²) in [6, 6.07) is 0. The van der Waals surface area contributed by atoms with E-state index in [4.69, 9.17) is 0 Å². The van der Waals surface area contributed by atoms with Gasteiger partial charge in [0.1, 0.15) is 0 Å². The smallest absolute Gasteiger partial charge is 0.352 e. The molecule has 0 aromatic carbocycles. The SMILES string of the molecule is Cn1cc(CNC(=O)C2CCNCC2)c(C(F)(F)F)n1. The number of nitrogens with one attached hydrogen (secondary N) is 2. The van der Waals surface area contributed by atoms with Crippen molar-refractivity contribution in [1.82, 2.24) is 20.4 Å². The number of rotatable bonds is 3. The van der Waals surface area contributed by atoms with E-state index in [0.29, 0.717) is 12.8 Å². The number of nitrogens with zero attached hydrogens (tertiary/aromatic N) is 2. The Kier molecular flexibility index (Phi) is 4.32. The zero-order chi connectivity index (χ0) is 14.8. The third-order valence-electron chi connectivity index (χ3n) is 3.34. The highest BCUT2D eigenvalue weighted by Crippen LogP contribution is 2.30. The van der Waals surface area contributed by atoms with E-state index in [1.807, 2.05) is 0 Å². The molecule has 1 aliphatic rings. The summed E-state index contributed by atoms with van der Waals surface area (Å²) in [6.07, 6.45) is -1.79. The molecule has 20 heavy (non-hydrogen) atoms. The molecule has 5 nitrogen and oxygen atoms in total. The van der Waals surface area contributed by atoms with Gasteiger partial charge in [0, 0.05) is 31.3 Å². The highest BCUT2D eigenvalue weighted by atomic mass is 19.4. The molecule has 0 bridgehead atoms. The predicted octanol–water partition coefficient (Wildman–Crippen LogP) is 1.05. The Bertz CT molecular complexity index is 478. The summed E-state index contributed by atoms with van der Waals surface area (Å²) >= 11 is 0. The molecule has 0 spiro atoms. The summed E-state index contributed by atoms with van der Waals surface area (Å²) in [5, 5.41) is 9.11. The van der Waals surface area contributed by atoms with Gasteiger partial charge in [0.15, 0.2) is 5.69 Å². The Morgan fingerprint density at radius 1 is 1.50 bits per heavy atom. The quantitative estimate of drug-likeness (QED) is 0.875. The van der Waals surface area contributed by atoms with E-state index < -0.39 is 11.9 Å². The summed E-state index contributed by atoms with van der Waals surface area (Å²) < 4.78 is 39.3. The van der Waals surface area contributed by atoms with Crippen LogP contribution in [-0.4, -0.2) is 28.8 Å². The average molecular weight is 290 g/mol. The number of hydrogen-bond acceptors (Lipinski definition) is 3. The Labute approximate surface area is 114 Å². The van der Waals surface area contributed by atoms with Gasteiger partial charge in [-0.1, -0.05) is 0 Å². The maximum Gasteiger partial charge on any atom is 0.435 e. The lowest BCUT2D eigenvalue weighted by Gasteiger charge is -2.21. The number of aromatic nitrogens is 2. The van der Waals surface area contributed by atoms with Gasteiger partial charge in [-0.05, 0) is 25.9 Å². The minimum atomic E-state index is -4.50. The minimum absolute atomic E-state index is 0.0118. The molecule has 0 unspecified atom stereocenters. The normalized spacial score (nSPS) is 17.2. The van der Waals surface area contributed by atoms with E-state index in [-0.39, 0.29) is 23.9 Å². The maximum atomic E-state index is 12.7. The Morgan fingerprint density at radius 2 is 2.15 bits per heavy atom. The summed E-state index contributed by atoms with van der Waals surface area (Å²) in [4.78, 5) is 11.9. The third-order valence-corrected chi connectivity index (χ3v) is 3.34. The molecule has 0 radical (unpaired) electrons. The molecule has 2 N–H and O–H groups in total. The van der Waals surface area contributed by atoms with Crippen LogP contribution in [-0.2, 0) is 24.6 Å². The van der Waals surface area contributed by atoms with Crippen LogP contribution in [0.25, 0.3) is 0 Å². The van der Waals surface area contributed by atoms with Crippen molar-refractivity contribution >= 4 is 5.91 Å². The van der Waals surface area contributed by atoms with Gasteiger partial charge in [-0.15, -0.1) is 0 Å². The molecule has 0 saturated carbocycles. The molecule has 0 atom stereocenters. The Hall–Kier alpha value is -1.57. The lowest BCUT2D eigenvalue weighted by Crippen LogP contribution is -2.38. The number of halogens is 3. The maximum absolute atomic E-state index is 12.7. The summed E-state index contributed by atoms with van der Waals surface area (Å²) in [5.74, 6) is -0.314. The van der Waals surface area contributed by atoms with Crippen LogP contribution < -0.4 is 10.6 Å². The van der Waals surface area contributed by atoms with E-state index in [0.717, 1.165) is 17.8 Å². The molecular weight excluding hydrogens is 273 g/mol. The van der Waals surface area contributed by atoms with Crippen molar-refractivity contribution in [1.29, 1.82) is 0 Å². The van der Waals surface area contributed by atoms with Crippen LogP contribution in [0.4, 0.5) is 13.2 Å². The van der Waals surface area contributed by atoms with Crippen LogP contribution in [0.2, 0.25) is 0 Å². The first-order chi connectivity index (χ1) is 9.38. The highest BCUT2D eigenvalue weighted by molar-refractivity contribution is 5.78. The molecule has 2 heterocycles. The lowest BCUT2D eigenvalue weighted by atomic mass is 9.97. The van der Waals surface area contributed by atoms with Gasteiger partial charge in [-0.25, -0.2) is 0 Å². The second kappa shape index (κ2) is 5.82. The highest BCUT2D eigenvalue weighted by Gasteiger charge is 2.37. The number of aryl methyl sites for hydroxylation is 1. The molecule has 1 fully saturated rings. The predicted molar refractivity (Wildman–Crippen MR) is 65.7 cm³/mol. The van der Waals surface area contributed by atoms with E-state index in [1.165, 1.54) is 13.2 Å². The first-order valence-corrected chi connectivity index (χ1v) is 6.46. The summed E-state index contributed by atoms with van der Waals surface area (Å²) in [6.45, 7) is 1.38. The fraction of sp³-hybridized carbons (Fsp3) is 0.667. The van der Waals surface area contributed by atoms with Crippen LogP contribution >= 0.6 is 0 Å². The van der Waals surface area contributed by atoms with Crippen LogP contribution in [0.15, 0.2) is 6.20 Å². The molecule has 1 aliphatic heterocycles. The molecular formula is C12H17F3N4O. The molecule has 1 aromatic rings. The second-order valence-corrected chi connectivity index (χ2v) is 4.92. The first kappa shape index (κ1) is 14.8.